The number of rotatable bonds is 3. The number of amides is 1. The van der Waals surface area contributed by atoms with E-state index in [0.29, 0.717) is 11.6 Å². The fourth-order valence-corrected chi connectivity index (χ4v) is 2.17. The zero-order chi connectivity index (χ0) is 13.1. The van der Waals surface area contributed by atoms with Gasteiger partial charge in [-0.05, 0) is 18.8 Å². The maximum absolute atomic E-state index is 11.7. The minimum atomic E-state index is -0.231. The molecule has 0 spiro atoms. The van der Waals surface area contributed by atoms with Gasteiger partial charge in [-0.3, -0.25) is 4.79 Å². The van der Waals surface area contributed by atoms with Gasteiger partial charge >= 0.3 is 0 Å². The van der Waals surface area contributed by atoms with Gasteiger partial charge in [-0.2, -0.15) is 0 Å². The van der Waals surface area contributed by atoms with Crippen LogP contribution in [0, 0.1) is 0 Å². The topological polar surface area (TPSA) is 92.9 Å². The number of nitrogens with zero attached hydrogens (tertiary/aromatic N) is 2. The number of anilines is 2. The molecule has 2 heterocycles. The Hall–Kier alpha value is -1.85. The fraction of sp³-hybridized carbons (Fsp3) is 0.583. The molecular formula is C12H19N5O. The summed E-state index contributed by atoms with van der Waals surface area (Å²) in [6, 6.07) is -0.231. The van der Waals surface area contributed by atoms with Crippen molar-refractivity contribution >= 4 is 17.5 Å². The number of nitrogen functional groups attached to an aromatic ring is 1. The third-order valence-corrected chi connectivity index (χ3v) is 3.09. The number of carbonyl (C=O) groups excluding carboxylic acids is 1. The molecule has 0 bridgehead atoms. The van der Waals surface area contributed by atoms with E-state index >= 15 is 0 Å². The van der Waals surface area contributed by atoms with E-state index in [1.165, 1.54) is 6.33 Å². The van der Waals surface area contributed by atoms with Crippen LogP contribution in [-0.4, -0.2) is 28.5 Å². The van der Waals surface area contributed by atoms with Crippen molar-refractivity contribution in [1.29, 1.82) is 0 Å². The summed E-state index contributed by atoms with van der Waals surface area (Å²) in [5.74, 6) is 1.37. The predicted molar refractivity (Wildman–Crippen MR) is 70.2 cm³/mol. The summed E-state index contributed by atoms with van der Waals surface area (Å²) in [5.41, 5.74) is 6.74. The average molecular weight is 249 g/mol. The number of hydrogen-bond donors (Lipinski definition) is 3. The van der Waals surface area contributed by atoms with Crippen molar-refractivity contribution in [2.45, 2.75) is 38.6 Å². The highest BCUT2D eigenvalue weighted by molar-refractivity contribution is 5.85. The number of nitrogens with one attached hydrogen (secondary N) is 2. The highest BCUT2D eigenvalue weighted by Gasteiger charge is 2.24. The van der Waals surface area contributed by atoms with Gasteiger partial charge in [0.15, 0.2) is 0 Å². The maximum Gasteiger partial charge on any atom is 0.242 e. The quantitative estimate of drug-likeness (QED) is 0.739. The van der Waals surface area contributed by atoms with Gasteiger partial charge in [0.05, 0.1) is 0 Å². The Kier molecular flexibility index (Phi) is 3.64. The van der Waals surface area contributed by atoms with E-state index < -0.39 is 0 Å². The summed E-state index contributed by atoms with van der Waals surface area (Å²) in [6.07, 6.45) is 3.21. The Morgan fingerprint density at radius 3 is 2.94 bits per heavy atom. The van der Waals surface area contributed by atoms with Gasteiger partial charge < -0.3 is 16.4 Å². The van der Waals surface area contributed by atoms with E-state index in [9.17, 15) is 4.79 Å². The molecule has 4 N–H and O–H groups in total. The lowest BCUT2D eigenvalue weighted by molar-refractivity contribution is -0.123. The second kappa shape index (κ2) is 5.20. The number of carbonyl (C=O) groups is 1. The van der Waals surface area contributed by atoms with Gasteiger partial charge in [0.25, 0.3) is 0 Å². The molecule has 0 radical (unpaired) electrons. The van der Waals surface area contributed by atoms with Crippen LogP contribution in [0.2, 0.25) is 0 Å². The van der Waals surface area contributed by atoms with Gasteiger partial charge in [0.1, 0.15) is 24.0 Å². The van der Waals surface area contributed by atoms with E-state index in [4.69, 9.17) is 5.73 Å². The Labute approximate surface area is 106 Å². The second-order valence-corrected chi connectivity index (χ2v) is 4.81. The summed E-state index contributed by atoms with van der Waals surface area (Å²) in [7, 11) is 0. The van der Waals surface area contributed by atoms with Crippen molar-refractivity contribution in [1.82, 2.24) is 15.3 Å². The molecule has 6 heteroatoms. The maximum atomic E-state index is 11.7. The summed E-state index contributed by atoms with van der Waals surface area (Å²) < 4.78 is 0. The zero-order valence-corrected chi connectivity index (χ0v) is 10.7. The van der Waals surface area contributed by atoms with Gasteiger partial charge in [0, 0.05) is 12.1 Å². The molecule has 1 amide bonds. The van der Waals surface area contributed by atoms with Crippen molar-refractivity contribution in [2.24, 2.45) is 0 Å². The molecule has 1 aromatic rings. The van der Waals surface area contributed by atoms with Crippen LogP contribution in [0.3, 0.4) is 0 Å². The SMILES string of the molecule is CC(C)c1c(N)ncnc1NC1CCCNC1=O. The van der Waals surface area contributed by atoms with E-state index in [0.717, 1.165) is 24.9 Å². The first-order valence-electron chi connectivity index (χ1n) is 6.24. The molecular weight excluding hydrogens is 230 g/mol. The van der Waals surface area contributed by atoms with E-state index in [1.54, 1.807) is 0 Å². The van der Waals surface area contributed by atoms with Gasteiger partial charge in [-0.1, -0.05) is 13.8 Å². The lowest BCUT2D eigenvalue weighted by Gasteiger charge is -2.25. The van der Waals surface area contributed by atoms with Crippen molar-refractivity contribution < 1.29 is 4.79 Å². The molecule has 2 rings (SSSR count). The van der Waals surface area contributed by atoms with Crippen molar-refractivity contribution in [3.05, 3.63) is 11.9 Å². The van der Waals surface area contributed by atoms with Crippen molar-refractivity contribution in [3.8, 4) is 0 Å². The molecule has 0 saturated carbocycles. The van der Waals surface area contributed by atoms with Crippen molar-refractivity contribution in [3.63, 3.8) is 0 Å². The third-order valence-electron chi connectivity index (χ3n) is 3.09. The van der Waals surface area contributed by atoms with Crippen LogP contribution < -0.4 is 16.4 Å². The molecule has 1 aromatic heterocycles. The molecule has 1 aliphatic rings. The summed E-state index contributed by atoms with van der Waals surface area (Å²) in [5, 5.41) is 6.02. The molecule has 1 unspecified atom stereocenters. The van der Waals surface area contributed by atoms with Gasteiger partial charge in [0.2, 0.25) is 5.91 Å². The summed E-state index contributed by atoms with van der Waals surface area (Å²) >= 11 is 0. The molecule has 6 nitrogen and oxygen atoms in total. The van der Waals surface area contributed by atoms with Crippen LogP contribution in [0.4, 0.5) is 11.6 Å². The summed E-state index contributed by atoms with van der Waals surface area (Å²) in [4.78, 5) is 19.9. The number of aromatic nitrogens is 2. The zero-order valence-electron chi connectivity index (χ0n) is 10.7. The Balaban J connectivity index is 2.23. The van der Waals surface area contributed by atoms with Gasteiger partial charge in [-0.25, -0.2) is 9.97 Å². The third kappa shape index (κ3) is 2.52. The molecule has 18 heavy (non-hydrogen) atoms. The standard InChI is InChI=1S/C12H19N5O/c1-7(2)9-10(13)15-6-16-11(9)17-8-4-3-5-14-12(8)18/h6-8H,3-5H2,1-2H3,(H,14,18)(H3,13,15,16,17). The molecule has 0 aliphatic carbocycles. The summed E-state index contributed by atoms with van der Waals surface area (Å²) in [6.45, 7) is 4.81. The monoisotopic (exact) mass is 249 g/mol. The second-order valence-electron chi connectivity index (χ2n) is 4.81. The first-order chi connectivity index (χ1) is 8.59. The molecule has 1 saturated heterocycles. The van der Waals surface area contributed by atoms with Crippen LogP contribution in [0.15, 0.2) is 6.33 Å². The highest BCUT2D eigenvalue weighted by atomic mass is 16.2. The number of hydrogen-bond acceptors (Lipinski definition) is 5. The fourth-order valence-electron chi connectivity index (χ4n) is 2.17. The lowest BCUT2D eigenvalue weighted by Crippen LogP contribution is -2.44. The van der Waals surface area contributed by atoms with Crippen LogP contribution in [0.25, 0.3) is 0 Å². The smallest absolute Gasteiger partial charge is 0.242 e. The van der Waals surface area contributed by atoms with E-state index in [1.807, 2.05) is 13.8 Å². The molecule has 98 valence electrons. The molecule has 1 aliphatic heterocycles. The minimum absolute atomic E-state index is 0.0214. The van der Waals surface area contributed by atoms with Crippen molar-refractivity contribution in [2.75, 3.05) is 17.6 Å². The predicted octanol–water partition coefficient (Wildman–Crippen LogP) is 0.873. The van der Waals surface area contributed by atoms with Crippen LogP contribution in [0.5, 0.6) is 0 Å². The lowest BCUT2D eigenvalue weighted by atomic mass is 10.0. The first kappa shape index (κ1) is 12.6. The normalized spacial score (nSPS) is 19.7. The average Bonchev–Trinajstić information content (AvgIpc) is 2.31. The highest BCUT2D eigenvalue weighted by Crippen LogP contribution is 2.27. The largest absolute Gasteiger partial charge is 0.383 e. The Morgan fingerprint density at radius 1 is 1.50 bits per heavy atom. The van der Waals surface area contributed by atoms with E-state index in [-0.39, 0.29) is 17.9 Å². The Morgan fingerprint density at radius 2 is 2.28 bits per heavy atom. The first-order valence-corrected chi connectivity index (χ1v) is 6.24. The number of piperidine rings is 1. The Bertz CT molecular complexity index is 446. The molecule has 1 fully saturated rings. The van der Waals surface area contributed by atoms with E-state index in [2.05, 4.69) is 20.6 Å². The van der Waals surface area contributed by atoms with Crippen LogP contribution >= 0.6 is 0 Å². The molecule has 1 atom stereocenters. The van der Waals surface area contributed by atoms with Crippen LogP contribution in [0.1, 0.15) is 38.2 Å². The minimum Gasteiger partial charge on any atom is -0.383 e. The van der Waals surface area contributed by atoms with Gasteiger partial charge in [-0.15, -0.1) is 0 Å². The number of nitrogens with two attached hydrogens (primary N) is 1. The molecule has 0 aromatic carbocycles. The van der Waals surface area contributed by atoms with Crippen LogP contribution in [-0.2, 0) is 4.79 Å².